The molecule has 0 aliphatic rings. The molecular weight excluding hydrogens is 264 g/mol. The van der Waals surface area contributed by atoms with E-state index in [0.717, 1.165) is 21.7 Å². The zero-order valence-corrected chi connectivity index (χ0v) is 12.5. The first kappa shape index (κ1) is 13.6. The van der Waals surface area contributed by atoms with Crippen molar-refractivity contribution in [3.63, 3.8) is 0 Å². The third kappa shape index (κ3) is 1.81. The number of hydrogen-bond acceptors (Lipinski definition) is 3. The lowest BCUT2D eigenvalue weighted by atomic mass is 9.92. The Labute approximate surface area is 122 Å². The number of Topliss-reactive ketones (excluding diaryl/α,β-unsaturated/α-hetero) is 2. The fraction of sp³-hybridized carbons (Fsp3) is 0.222. The van der Waals surface area contributed by atoms with Crippen molar-refractivity contribution in [1.29, 1.82) is 0 Å². The van der Waals surface area contributed by atoms with Crippen LogP contribution in [0.5, 0.6) is 0 Å². The van der Waals surface area contributed by atoms with Gasteiger partial charge in [-0.15, -0.1) is 0 Å². The second-order valence-corrected chi connectivity index (χ2v) is 5.40. The van der Waals surface area contributed by atoms with Gasteiger partial charge in [-0.2, -0.15) is 0 Å². The van der Waals surface area contributed by atoms with E-state index in [-0.39, 0.29) is 11.6 Å². The third-order valence-electron chi connectivity index (χ3n) is 3.99. The van der Waals surface area contributed by atoms with Gasteiger partial charge in [-0.05, 0) is 44.0 Å². The van der Waals surface area contributed by atoms with E-state index >= 15 is 0 Å². The van der Waals surface area contributed by atoms with Gasteiger partial charge in [0.15, 0.2) is 11.6 Å². The van der Waals surface area contributed by atoms with E-state index in [9.17, 15) is 9.59 Å². The van der Waals surface area contributed by atoms with Crippen LogP contribution < -0.4 is 0 Å². The predicted molar refractivity (Wildman–Crippen MR) is 83.2 cm³/mol. The van der Waals surface area contributed by atoms with Gasteiger partial charge in [-0.25, -0.2) is 0 Å². The largest absolute Gasteiger partial charge is 0.460 e. The summed E-state index contributed by atoms with van der Waals surface area (Å²) >= 11 is 0. The van der Waals surface area contributed by atoms with Gasteiger partial charge in [-0.3, -0.25) is 9.59 Å². The Kier molecular flexibility index (Phi) is 2.94. The van der Waals surface area contributed by atoms with Crippen molar-refractivity contribution in [2.45, 2.75) is 27.7 Å². The SMILES string of the molecule is CC(=O)c1c(C)c2ccccc2c2c(C(C)=O)c(C)oc12. The molecule has 0 fully saturated rings. The summed E-state index contributed by atoms with van der Waals surface area (Å²) in [6.07, 6.45) is 0. The number of ketones is 2. The highest BCUT2D eigenvalue weighted by atomic mass is 16.3. The van der Waals surface area contributed by atoms with E-state index < -0.39 is 0 Å². The summed E-state index contributed by atoms with van der Waals surface area (Å²) in [5.74, 6) is 0.470. The van der Waals surface area contributed by atoms with Gasteiger partial charge in [0.05, 0.1) is 11.1 Å². The highest BCUT2D eigenvalue weighted by molar-refractivity contribution is 6.23. The minimum Gasteiger partial charge on any atom is -0.460 e. The number of fused-ring (bicyclic) bond motifs is 3. The third-order valence-corrected chi connectivity index (χ3v) is 3.99. The summed E-state index contributed by atoms with van der Waals surface area (Å²) < 4.78 is 5.80. The van der Waals surface area contributed by atoms with Crippen molar-refractivity contribution in [2.24, 2.45) is 0 Å². The average molecular weight is 280 g/mol. The molecule has 2 aromatic carbocycles. The lowest BCUT2D eigenvalue weighted by Gasteiger charge is -2.09. The van der Waals surface area contributed by atoms with Gasteiger partial charge >= 0.3 is 0 Å². The number of benzene rings is 2. The number of carbonyl (C=O) groups is 2. The van der Waals surface area contributed by atoms with E-state index in [2.05, 4.69) is 0 Å². The fourth-order valence-corrected chi connectivity index (χ4v) is 3.16. The molecule has 1 heterocycles. The summed E-state index contributed by atoms with van der Waals surface area (Å²) in [4.78, 5) is 24.1. The topological polar surface area (TPSA) is 47.3 Å². The van der Waals surface area contributed by atoms with Gasteiger partial charge in [0, 0.05) is 5.39 Å². The summed E-state index contributed by atoms with van der Waals surface area (Å²) in [6.45, 7) is 6.75. The van der Waals surface area contributed by atoms with Gasteiger partial charge < -0.3 is 4.42 Å². The molecule has 0 saturated heterocycles. The van der Waals surface area contributed by atoms with Crippen LogP contribution >= 0.6 is 0 Å². The van der Waals surface area contributed by atoms with Crippen LogP contribution in [0.2, 0.25) is 0 Å². The molecule has 3 heteroatoms. The molecule has 21 heavy (non-hydrogen) atoms. The molecule has 0 radical (unpaired) electrons. The predicted octanol–water partition coefficient (Wildman–Crippen LogP) is 4.61. The molecule has 0 saturated carbocycles. The van der Waals surface area contributed by atoms with Gasteiger partial charge in [0.2, 0.25) is 0 Å². The van der Waals surface area contributed by atoms with Crippen molar-refractivity contribution < 1.29 is 14.0 Å². The molecule has 106 valence electrons. The van der Waals surface area contributed by atoms with Crippen molar-refractivity contribution in [3.8, 4) is 0 Å². The molecule has 3 aromatic rings. The molecule has 0 unspecified atom stereocenters. The molecule has 0 aliphatic heterocycles. The molecule has 0 aliphatic carbocycles. The van der Waals surface area contributed by atoms with Crippen LogP contribution in [0.3, 0.4) is 0 Å². The molecule has 1 aromatic heterocycles. The van der Waals surface area contributed by atoms with Gasteiger partial charge in [-0.1, -0.05) is 24.3 Å². The van der Waals surface area contributed by atoms with Crippen molar-refractivity contribution >= 4 is 33.3 Å². The van der Waals surface area contributed by atoms with E-state index in [1.807, 2.05) is 31.2 Å². The van der Waals surface area contributed by atoms with Gasteiger partial charge in [0.25, 0.3) is 0 Å². The molecule has 0 spiro atoms. The number of carbonyl (C=O) groups excluding carboxylic acids is 2. The minimum atomic E-state index is -0.0490. The van der Waals surface area contributed by atoms with Crippen molar-refractivity contribution in [1.82, 2.24) is 0 Å². The van der Waals surface area contributed by atoms with Crippen LogP contribution in [0.15, 0.2) is 28.7 Å². The monoisotopic (exact) mass is 280 g/mol. The minimum absolute atomic E-state index is 0.0465. The molecule has 0 amide bonds. The van der Waals surface area contributed by atoms with E-state index in [1.54, 1.807) is 6.92 Å². The highest BCUT2D eigenvalue weighted by Crippen LogP contribution is 2.38. The summed E-state index contributed by atoms with van der Waals surface area (Å²) in [5, 5.41) is 2.70. The smallest absolute Gasteiger partial charge is 0.163 e. The normalized spacial score (nSPS) is 11.2. The van der Waals surface area contributed by atoms with Crippen LogP contribution in [0, 0.1) is 13.8 Å². The summed E-state index contributed by atoms with van der Waals surface area (Å²) in [6, 6.07) is 7.81. The van der Waals surface area contributed by atoms with E-state index in [1.165, 1.54) is 13.8 Å². The zero-order valence-electron chi connectivity index (χ0n) is 12.5. The molecule has 0 bridgehead atoms. The first-order valence-corrected chi connectivity index (χ1v) is 6.89. The number of aryl methyl sites for hydroxylation is 2. The zero-order chi connectivity index (χ0) is 15.3. The standard InChI is InChI=1S/C18H16O3/c1-9-13-7-5-6-8-14(13)17-16(11(3)20)12(4)21-18(17)15(9)10(2)19/h5-8H,1-4H3. The molecule has 0 atom stereocenters. The lowest BCUT2D eigenvalue weighted by molar-refractivity contribution is 0.100. The number of rotatable bonds is 2. The number of hydrogen-bond donors (Lipinski definition) is 0. The van der Waals surface area contributed by atoms with E-state index in [0.29, 0.717) is 22.5 Å². The molecular formula is C18H16O3. The maximum absolute atomic E-state index is 12.1. The highest BCUT2D eigenvalue weighted by Gasteiger charge is 2.23. The first-order chi connectivity index (χ1) is 9.93. The summed E-state index contributed by atoms with van der Waals surface area (Å²) in [7, 11) is 0. The fourth-order valence-electron chi connectivity index (χ4n) is 3.16. The van der Waals surface area contributed by atoms with Crippen LogP contribution in [0.4, 0.5) is 0 Å². The number of furan rings is 1. The Balaban J connectivity index is 2.70. The average Bonchev–Trinajstić information content (AvgIpc) is 2.75. The van der Waals surface area contributed by atoms with Gasteiger partial charge in [0.1, 0.15) is 11.3 Å². The maximum atomic E-state index is 12.1. The Morgan fingerprint density at radius 3 is 2.05 bits per heavy atom. The lowest BCUT2D eigenvalue weighted by Crippen LogP contribution is -1.99. The second kappa shape index (κ2) is 4.55. The molecule has 0 N–H and O–H groups in total. The Bertz CT molecular complexity index is 913. The molecule has 3 rings (SSSR count). The van der Waals surface area contributed by atoms with Crippen LogP contribution in [0.1, 0.15) is 45.9 Å². The second-order valence-electron chi connectivity index (χ2n) is 5.40. The Hall–Kier alpha value is -2.42. The summed E-state index contributed by atoms with van der Waals surface area (Å²) in [5.41, 5.74) is 2.57. The van der Waals surface area contributed by atoms with Crippen LogP contribution in [0.25, 0.3) is 21.7 Å². The first-order valence-electron chi connectivity index (χ1n) is 6.89. The van der Waals surface area contributed by atoms with Crippen molar-refractivity contribution in [2.75, 3.05) is 0 Å². The maximum Gasteiger partial charge on any atom is 0.163 e. The Morgan fingerprint density at radius 1 is 0.905 bits per heavy atom. The van der Waals surface area contributed by atoms with Crippen LogP contribution in [-0.4, -0.2) is 11.6 Å². The van der Waals surface area contributed by atoms with Crippen molar-refractivity contribution in [3.05, 3.63) is 46.7 Å². The van der Waals surface area contributed by atoms with Crippen LogP contribution in [-0.2, 0) is 0 Å². The Morgan fingerprint density at radius 2 is 1.48 bits per heavy atom. The van der Waals surface area contributed by atoms with E-state index in [4.69, 9.17) is 4.42 Å². The quantitative estimate of drug-likeness (QED) is 0.644. The molecule has 3 nitrogen and oxygen atoms in total.